The summed E-state index contributed by atoms with van der Waals surface area (Å²) >= 11 is 1.29. The number of carbonyl (C=O) groups excluding carboxylic acids is 2. The van der Waals surface area contributed by atoms with E-state index in [0.717, 1.165) is 38.3 Å². The lowest BCUT2D eigenvalue weighted by Crippen LogP contribution is -2.48. The minimum absolute atomic E-state index is 0.120. The van der Waals surface area contributed by atoms with Crippen LogP contribution in [0.4, 0.5) is 10.7 Å². The largest absolute Gasteiger partial charge is 0.378 e. The molecule has 1 aromatic heterocycles. The summed E-state index contributed by atoms with van der Waals surface area (Å²) in [6, 6.07) is -0.260. The Morgan fingerprint density at radius 3 is 2.68 bits per heavy atom. The Morgan fingerprint density at radius 1 is 1.21 bits per heavy atom. The predicted octanol–water partition coefficient (Wildman–Crippen LogP) is 1.63. The molecule has 0 unspecified atom stereocenters. The topological polar surface area (TPSA) is 101 Å². The number of carbonyl (C=O) groups is 2. The number of amides is 3. The van der Waals surface area contributed by atoms with E-state index < -0.39 is 6.03 Å². The number of thioether (sulfide) groups is 1. The molecule has 1 aliphatic heterocycles. The van der Waals surface area contributed by atoms with Crippen LogP contribution in [0.15, 0.2) is 5.16 Å². The third-order valence-corrected chi connectivity index (χ3v) is 6.29. The lowest BCUT2D eigenvalue weighted by Gasteiger charge is -2.29. The highest BCUT2D eigenvalue weighted by atomic mass is 32.2. The molecule has 0 bridgehead atoms. The molecule has 1 saturated carbocycles. The summed E-state index contributed by atoms with van der Waals surface area (Å²) < 4.78 is 7.38. The summed E-state index contributed by atoms with van der Waals surface area (Å²) in [5, 5.41) is 14.6. The summed E-state index contributed by atoms with van der Waals surface area (Å²) in [6.07, 6.45) is 4.42. The monoisotopic (exact) mass is 410 g/mol. The number of ether oxygens (including phenoxy) is 1. The molecular weight excluding hydrogens is 380 g/mol. The Labute approximate surface area is 170 Å². The molecule has 0 spiro atoms. The van der Waals surface area contributed by atoms with Crippen molar-refractivity contribution in [3.8, 4) is 0 Å². The van der Waals surface area contributed by atoms with Gasteiger partial charge in [0.1, 0.15) is 0 Å². The van der Waals surface area contributed by atoms with Crippen LogP contribution in [0.3, 0.4) is 0 Å². The molecule has 2 heterocycles. The average Bonchev–Trinajstić information content (AvgIpc) is 3.11. The van der Waals surface area contributed by atoms with Crippen LogP contribution in [0.5, 0.6) is 0 Å². The van der Waals surface area contributed by atoms with Crippen LogP contribution >= 0.6 is 11.8 Å². The number of nitrogens with zero attached hydrogens (tertiary/aromatic N) is 4. The molecule has 2 aliphatic rings. The summed E-state index contributed by atoms with van der Waals surface area (Å²) in [6.45, 7) is 7.80. The van der Waals surface area contributed by atoms with Gasteiger partial charge in [-0.25, -0.2) is 4.79 Å². The number of morpholine rings is 1. The Bertz CT molecular complexity index is 676. The number of urea groups is 1. The maximum atomic E-state index is 12.2. The van der Waals surface area contributed by atoms with Crippen LogP contribution in [0.1, 0.15) is 39.5 Å². The Balaban J connectivity index is 1.48. The van der Waals surface area contributed by atoms with Gasteiger partial charge in [0.2, 0.25) is 11.9 Å². The Hall–Kier alpha value is -1.81. The number of hydrogen-bond donors (Lipinski definition) is 2. The number of anilines is 1. The maximum Gasteiger partial charge on any atom is 0.321 e. The van der Waals surface area contributed by atoms with Crippen molar-refractivity contribution in [3.05, 3.63) is 0 Å². The average molecular weight is 411 g/mol. The fourth-order valence-electron chi connectivity index (χ4n) is 3.69. The smallest absolute Gasteiger partial charge is 0.321 e. The zero-order valence-electron chi connectivity index (χ0n) is 16.6. The van der Waals surface area contributed by atoms with Crippen molar-refractivity contribution in [2.45, 2.75) is 57.3 Å². The summed E-state index contributed by atoms with van der Waals surface area (Å²) in [4.78, 5) is 26.4. The van der Waals surface area contributed by atoms with Gasteiger partial charge in [0.15, 0.2) is 5.16 Å². The van der Waals surface area contributed by atoms with Crippen LogP contribution in [0.25, 0.3) is 0 Å². The first kappa shape index (κ1) is 20.9. The first-order valence-electron chi connectivity index (χ1n) is 10.1. The second-order valence-corrected chi connectivity index (χ2v) is 8.25. The maximum absolute atomic E-state index is 12.2. The van der Waals surface area contributed by atoms with Crippen LogP contribution < -0.4 is 15.5 Å². The molecule has 156 valence electrons. The van der Waals surface area contributed by atoms with Gasteiger partial charge in [-0.15, -0.1) is 10.2 Å². The number of hydrogen-bond acceptors (Lipinski definition) is 7. The zero-order valence-corrected chi connectivity index (χ0v) is 17.5. The number of aromatic nitrogens is 3. The first-order valence-corrected chi connectivity index (χ1v) is 11.1. The van der Waals surface area contributed by atoms with E-state index in [9.17, 15) is 9.59 Å². The Kier molecular flexibility index (Phi) is 7.55. The second-order valence-electron chi connectivity index (χ2n) is 7.30. The van der Waals surface area contributed by atoms with E-state index in [2.05, 4.69) is 32.7 Å². The highest BCUT2D eigenvalue weighted by molar-refractivity contribution is 7.99. The molecule has 0 aromatic carbocycles. The summed E-state index contributed by atoms with van der Waals surface area (Å²) in [7, 11) is 0. The van der Waals surface area contributed by atoms with Crippen molar-refractivity contribution in [3.63, 3.8) is 0 Å². The molecule has 1 aromatic rings. The Morgan fingerprint density at radius 2 is 1.96 bits per heavy atom. The van der Waals surface area contributed by atoms with Crippen molar-refractivity contribution < 1.29 is 14.3 Å². The van der Waals surface area contributed by atoms with E-state index in [0.29, 0.717) is 30.8 Å². The summed E-state index contributed by atoms with van der Waals surface area (Å²) in [5.74, 6) is 1.04. The predicted molar refractivity (Wildman–Crippen MR) is 108 cm³/mol. The van der Waals surface area contributed by atoms with Crippen molar-refractivity contribution in [2.75, 3.05) is 37.0 Å². The lowest BCUT2D eigenvalue weighted by atomic mass is 9.86. The highest BCUT2D eigenvalue weighted by Gasteiger charge is 2.24. The van der Waals surface area contributed by atoms with Crippen LogP contribution in [0.2, 0.25) is 0 Å². The van der Waals surface area contributed by atoms with Gasteiger partial charge in [-0.1, -0.05) is 31.5 Å². The van der Waals surface area contributed by atoms with E-state index in [1.165, 1.54) is 18.2 Å². The summed E-state index contributed by atoms with van der Waals surface area (Å²) in [5.41, 5.74) is 0. The van der Waals surface area contributed by atoms with Gasteiger partial charge in [0, 0.05) is 25.7 Å². The minimum Gasteiger partial charge on any atom is -0.378 e. The zero-order chi connectivity index (χ0) is 19.9. The van der Waals surface area contributed by atoms with Crippen LogP contribution in [-0.2, 0) is 16.1 Å². The van der Waals surface area contributed by atoms with Crippen molar-refractivity contribution >= 4 is 29.6 Å². The number of nitrogens with one attached hydrogen (secondary N) is 2. The minimum atomic E-state index is -0.407. The van der Waals surface area contributed by atoms with Gasteiger partial charge < -0.3 is 15.0 Å². The van der Waals surface area contributed by atoms with E-state index in [1.807, 2.05) is 11.5 Å². The van der Waals surface area contributed by atoms with Gasteiger partial charge in [-0.2, -0.15) is 0 Å². The molecule has 3 rings (SSSR count). The first-order chi connectivity index (χ1) is 13.6. The van der Waals surface area contributed by atoms with Crippen LogP contribution in [-0.4, -0.2) is 64.8 Å². The van der Waals surface area contributed by atoms with E-state index >= 15 is 0 Å². The van der Waals surface area contributed by atoms with E-state index in [4.69, 9.17) is 4.74 Å². The molecular formula is C18H30N6O3S. The molecule has 10 heteroatoms. The normalized spacial score (nSPS) is 22.7. The molecule has 3 amide bonds. The molecule has 1 aliphatic carbocycles. The molecule has 28 heavy (non-hydrogen) atoms. The fraction of sp³-hybridized carbons (Fsp3) is 0.778. The number of rotatable bonds is 6. The van der Waals surface area contributed by atoms with Gasteiger partial charge in [-0.05, 0) is 25.7 Å². The standard InChI is InChI=1S/C18H30N6O3S/c1-3-24-17(23-8-10-27-11-9-23)21-22-18(24)28-12-15(25)20-16(26)19-14-7-5-4-6-13(14)2/h13-14H,3-12H2,1-2H3,(H2,19,20,25,26)/t13-,14-/m1/s1. The highest BCUT2D eigenvalue weighted by Crippen LogP contribution is 2.24. The fourth-order valence-corrected chi connectivity index (χ4v) is 4.49. The van der Waals surface area contributed by atoms with E-state index in [1.54, 1.807) is 0 Å². The van der Waals surface area contributed by atoms with Gasteiger partial charge in [-0.3, -0.25) is 14.7 Å². The molecule has 0 radical (unpaired) electrons. The van der Waals surface area contributed by atoms with Gasteiger partial charge in [0.25, 0.3) is 0 Å². The van der Waals surface area contributed by atoms with E-state index in [-0.39, 0.29) is 17.7 Å². The van der Waals surface area contributed by atoms with Gasteiger partial charge >= 0.3 is 6.03 Å². The van der Waals surface area contributed by atoms with Crippen molar-refractivity contribution in [1.29, 1.82) is 0 Å². The van der Waals surface area contributed by atoms with Gasteiger partial charge in [0.05, 0.1) is 19.0 Å². The quantitative estimate of drug-likeness (QED) is 0.687. The molecule has 9 nitrogen and oxygen atoms in total. The van der Waals surface area contributed by atoms with Crippen LogP contribution in [0, 0.1) is 5.92 Å². The molecule has 2 N–H and O–H groups in total. The lowest BCUT2D eigenvalue weighted by molar-refractivity contribution is -0.117. The number of imide groups is 1. The second kappa shape index (κ2) is 10.1. The van der Waals surface area contributed by atoms with Crippen molar-refractivity contribution in [1.82, 2.24) is 25.4 Å². The third kappa shape index (κ3) is 5.38. The molecule has 2 atom stereocenters. The molecule has 1 saturated heterocycles. The SMILES string of the molecule is CCn1c(SCC(=O)NC(=O)N[C@@H]2CCCC[C@H]2C)nnc1N1CCOCC1. The molecule has 2 fully saturated rings. The van der Waals surface area contributed by atoms with Crippen molar-refractivity contribution in [2.24, 2.45) is 5.92 Å². The third-order valence-electron chi connectivity index (χ3n) is 5.32.